The summed E-state index contributed by atoms with van der Waals surface area (Å²) in [6.45, 7) is 3.73. The van der Waals surface area contributed by atoms with E-state index in [1.165, 1.54) is 6.07 Å². The number of nitrogens with one attached hydrogen (secondary N) is 1. The Morgan fingerprint density at radius 1 is 1.11 bits per heavy atom. The van der Waals surface area contributed by atoms with E-state index in [4.69, 9.17) is 0 Å². The van der Waals surface area contributed by atoms with Crippen LogP contribution in [-0.2, 0) is 0 Å². The predicted molar refractivity (Wildman–Crippen MR) is 60.4 cm³/mol. The maximum absolute atomic E-state index is 13.1. The smallest absolute Gasteiger partial charge is 0.271 e. The second-order valence-electron chi connectivity index (χ2n) is 4.26. The van der Waals surface area contributed by atoms with E-state index < -0.39 is 23.0 Å². The zero-order chi connectivity index (χ0) is 13.4. The zero-order valence-electron chi connectivity index (χ0n) is 9.80. The Hall–Kier alpha value is -1.98. The summed E-state index contributed by atoms with van der Waals surface area (Å²) in [4.78, 5) is 11.6. The minimum absolute atomic E-state index is 0.0640. The number of aromatic amines is 1. The quantitative estimate of drug-likeness (QED) is 0.824. The van der Waals surface area contributed by atoms with Gasteiger partial charge in [-0.05, 0) is 5.92 Å². The van der Waals surface area contributed by atoms with Gasteiger partial charge in [0.1, 0.15) is 0 Å². The number of benzene rings is 1. The second-order valence-corrected chi connectivity index (χ2v) is 4.26. The molecule has 0 aliphatic rings. The summed E-state index contributed by atoms with van der Waals surface area (Å²) < 4.78 is 39.9. The van der Waals surface area contributed by atoms with Crippen molar-refractivity contribution in [3.05, 3.63) is 51.7 Å². The number of halogens is 3. The lowest BCUT2D eigenvalue weighted by molar-refractivity contribution is 0.445. The van der Waals surface area contributed by atoms with Gasteiger partial charge in [0, 0.05) is 23.9 Å². The van der Waals surface area contributed by atoms with E-state index in [0.717, 1.165) is 16.8 Å². The Kier molecular flexibility index (Phi) is 3.02. The lowest BCUT2D eigenvalue weighted by Crippen LogP contribution is -2.14. The first-order chi connectivity index (χ1) is 8.40. The van der Waals surface area contributed by atoms with Crippen LogP contribution < -0.4 is 5.56 Å². The second kappa shape index (κ2) is 4.36. The largest absolute Gasteiger partial charge is 0.295 e. The van der Waals surface area contributed by atoms with Crippen molar-refractivity contribution >= 4 is 0 Å². The molecule has 2 rings (SSSR count). The normalized spacial score (nSPS) is 11.2. The molecule has 0 atom stereocenters. The van der Waals surface area contributed by atoms with E-state index in [1.807, 2.05) is 13.8 Å². The monoisotopic (exact) mass is 256 g/mol. The molecule has 0 saturated heterocycles. The number of H-pyrrole nitrogens is 1. The van der Waals surface area contributed by atoms with Crippen LogP contribution in [0.2, 0.25) is 0 Å². The van der Waals surface area contributed by atoms with Gasteiger partial charge in [0.25, 0.3) is 5.56 Å². The van der Waals surface area contributed by atoms with Crippen LogP contribution >= 0.6 is 0 Å². The SMILES string of the molecule is CC(C)c1cc(=O)n(-c2cc(F)c(F)c(F)c2)[nH]1. The van der Waals surface area contributed by atoms with Crippen molar-refractivity contribution in [1.29, 1.82) is 0 Å². The van der Waals surface area contributed by atoms with Crippen LogP contribution in [0.3, 0.4) is 0 Å². The topological polar surface area (TPSA) is 37.8 Å². The summed E-state index contributed by atoms with van der Waals surface area (Å²) in [6.07, 6.45) is 0. The standard InChI is InChI=1S/C12H11F3N2O/c1-6(2)10-5-11(18)17(16-10)7-3-8(13)12(15)9(14)4-7/h3-6,16H,1-2H3. The average molecular weight is 256 g/mol. The van der Waals surface area contributed by atoms with Crippen molar-refractivity contribution in [1.82, 2.24) is 9.78 Å². The van der Waals surface area contributed by atoms with Crippen molar-refractivity contribution in [2.24, 2.45) is 0 Å². The highest BCUT2D eigenvalue weighted by molar-refractivity contribution is 5.33. The Morgan fingerprint density at radius 3 is 2.11 bits per heavy atom. The van der Waals surface area contributed by atoms with Crippen LogP contribution in [0.15, 0.2) is 23.0 Å². The van der Waals surface area contributed by atoms with Crippen molar-refractivity contribution < 1.29 is 13.2 Å². The Labute approximate surface area is 101 Å². The fourth-order valence-corrected chi connectivity index (χ4v) is 1.57. The lowest BCUT2D eigenvalue weighted by atomic mass is 10.1. The van der Waals surface area contributed by atoms with Crippen LogP contribution in [0, 0.1) is 17.5 Å². The Morgan fingerprint density at radius 2 is 1.67 bits per heavy atom. The van der Waals surface area contributed by atoms with Crippen molar-refractivity contribution in [3.8, 4) is 5.69 Å². The number of hydrogen-bond acceptors (Lipinski definition) is 1. The molecule has 18 heavy (non-hydrogen) atoms. The van der Waals surface area contributed by atoms with Crippen molar-refractivity contribution in [2.45, 2.75) is 19.8 Å². The lowest BCUT2D eigenvalue weighted by Gasteiger charge is -2.05. The maximum Gasteiger partial charge on any atom is 0.271 e. The zero-order valence-corrected chi connectivity index (χ0v) is 9.80. The molecule has 0 radical (unpaired) electrons. The summed E-state index contributed by atoms with van der Waals surface area (Å²) >= 11 is 0. The van der Waals surface area contributed by atoms with Gasteiger partial charge in [-0.25, -0.2) is 17.9 Å². The van der Waals surface area contributed by atoms with E-state index >= 15 is 0 Å². The van der Waals surface area contributed by atoms with E-state index in [9.17, 15) is 18.0 Å². The van der Waals surface area contributed by atoms with Gasteiger partial charge >= 0.3 is 0 Å². The molecular formula is C12H11F3N2O. The first-order valence-corrected chi connectivity index (χ1v) is 5.37. The Balaban J connectivity index is 2.59. The van der Waals surface area contributed by atoms with E-state index in [1.54, 1.807) is 0 Å². The van der Waals surface area contributed by atoms with E-state index in [-0.39, 0.29) is 11.6 Å². The molecular weight excluding hydrogens is 245 g/mol. The van der Waals surface area contributed by atoms with Crippen LogP contribution in [0.1, 0.15) is 25.5 Å². The third-order valence-corrected chi connectivity index (χ3v) is 2.59. The predicted octanol–water partition coefficient (Wildman–Crippen LogP) is 2.71. The van der Waals surface area contributed by atoms with Crippen molar-refractivity contribution in [2.75, 3.05) is 0 Å². The molecule has 1 aromatic carbocycles. The highest BCUT2D eigenvalue weighted by atomic mass is 19.2. The Bertz CT molecular complexity index is 620. The van der Waals surface area contributed by atoms with Crippen LogP contribution in [0.4, 0.5) is 13.2 Å². The molecule has 1 heterocycles. The molecule has 0 unspecified atom stereocenters. The molecule has 0 aliphatic heterocycles. The van der Waals surface area contributed by atoms with Crippen LogP contribution in [-0.4, -0.2) is 9.78 Å². The number of hydrogen-bond donors (Lipinski definition) is 1. The minimum Gasteiger partial charge on any atom is -0.295 e. The van der Waals surface area contributed by atoms with Crippen molar-refractivity contribution in [3.63, 3.8) is 0 Å². The molecule has 1 N–H and O–H groups in total. The van der Waals surface area contributed by atoms with Crippen LogP contribution in [0.5, 0.6) is 0 Å². The molecule has 2 aromatic rings. The molecule has 1 aromatic heterocycles. The molecule has 0 spiro atoms. The molecule has 0 aliphatic carbocycles. The summed E-state index contributed by atoms with van der Waals surface area (Å²) in [5, 5.41) is 2.72. The number of aromatic nitrogens is 2. The average Bonchev–Trinajstić information content (AvgIpc) is 2.68. The highest BCUT2D eigenvalue weighted by Gasteiger charge is 2.14. The molecule has 0 saturated carbocycles. The summed E-state index contributed by atoms with van der Waals surface area (Å²) in [5.41, 5.74) is 0.0950. The van der Waals surface area contributed by atoms with E-state index in [2.05, 4.69) is 5.10 Å². The highest BCUT2D eigenvalue weighted by Crippen LogP contribution is 2.16. The fraction of sp³-hybridized carbons (Fsp3) is 0.250. The molecule has 3 nitrogen and oxygen atoms in total. The first kappa shape index (κ1) is 12.5. The first-order valence-electron chi connectivity index (χ1n) is 5.37. The van der Waals surface area contributed by atoms with E-state index in [0.29, 0.717) is 5.69 Å². The summed E-state index contributed by atoms with van der Waals surface area (Å²) in [5.74, 6) is -4.16. The van der Waals surface area contributed by atoms with Gasteiger partial charge in [-0.2, -0.15) is 0 Å². The third kappa shape index (κ3) is 2.05. The number of nitrogens with zero attached hydrogens (tertiary/aromatic N) is 1. The molecule has 0 bridgehead atoms. The van der Waals surface area contributed by atoms with Gasteiger partial charge in [-0.3, -0.25) is 9.89 Å². The van der Waals surface area contributed by atoms with Gasteiger partial charge in [-0.15, -0.1) is 0 Å². The molecule has 96 valence electrons. The minimum atomic E-state index is -1.55. The van der Waals surface area contributed by atoms with Gasteiger partial charge in [-0.1, -0.05) is 13.8 Å². The molecule has 6 heteroatoms. The fourth-order valence-electron chi connectivity index (χ4n) is 1.57. The van der Waals surface area contributed by atoms with Gasteiger partial charge in [0.15, 0.2) is 17.5 Å². The maximum atomic E-state index is 13.1. The van der Waals surface area contributed by atoms with Gasteiger partial charge in [0.2, 0.25) is 0 Å². The van der Waals surface area contributed by atoms with Crippen LogP contribution in [0.25, 0.3) is 5.69 Å². The summed E-state index contributed by atoms with van der Waals surface area (Å²) in [7, 11) is 0. The third-order valence-electron chi connectivity index (χ3n) is 2.59. The molecule has 0 fully saturated rings. The van der Waals surface area contributed by atoms with Gasteiger partial charge < -0.3 is 0 Å². The van der Waals surface area contributed by atoms with Gasteiger partial charge in [0.05, 0.1) is 5.69 Å². The number of rotatable bonds is 2. The molecule has 0 amide bonds. The summed E-state index contributed by atoms with van der Waals surface area (Å²) in [6, 6.07) is 2.87.